The lowest BCUT2D eigenvalue weighted by Gasteiger charge is -2.30. The second-order valence-corrected chi connectivity index (χ2v) is 9.25. The van der Waals surface area contributed by atoms with Crippen LogP contribution in [0.3, 0.4) is 0 Å². The number of amides is 1. The van der Waals surface area contributed by atoms with E-state index in [2.05, 4.69) is 26.2 Å². The minimum Gasteiger partial charge on any atom is -0.378 e. The Kier molecular flexibility index (Phi) is 5.39. The van der Waals surface area contributed by atoms with Gasteiger partial charge in [0.15, 0.2) is 11.0 Å². The van der Waals surface area contributed by atoms with Crippen molar-refractivity contribution in [2.45, 2.75) is 29.3 Å². The lowest BCUT2D eigenvalue weighted by molar-refractivity contribution is -0.134. The maximum Gasteiger partial charge on any atom is 0.240 e. The molecule has 8 heteroatoms. The SMILES string of the molecule is O=C([C@@H](Sc1nnc(-c2cccs2)n1C1CC1)c1ccccc1)N1CCOCC1. The van der Waals surface area contributed by atoms with Gasteiger partial charge in [-0.1, -0.05) is 48.2 Å². The highest BCUT2D eigenvalue weighted by atomic mass is 32.2. The molecule has 0 unspecified atom stereocenters. The van der Waals surface area contributed by atoms with Crippen molar-refractivity contribution in [1.82, 2.24) is 19.7 Å². The molecule has 29 heavy (non-hydrogen) atoms. The molecule has 2 aromatic heterocycles. The zero-order valence-electron chi connectivity index (χ0n) is 15.9. The Hall–Kier alpha value is -2.16. The molecule has 3 aromatic rings. The first kappa shape index (κ1) is 18.8. The summed E-state index contributed by atoms with van der Waals surface area (Å²) in [6.45, 7) is 2.47. The van der Waals surface area contributed by atoms with E-state index in [4.69, 9.17) is 4.74 Å². The summed E-state index contributed by atoms with van der Waals surface area (Å²) < 4.78 is 7.67. The number of nitrogens with zero attached hydrogens (tertiary/aromatic N) is 4. The van der Waals surface area contributed by atoms with Crippen molar-refractivity contribution in [3.8, 4) is 10.7 Å². The van der Waals surface area contributed by atoms with E-state index in [0.29, 0.717) is 32.3 Å². The van der Waals surface area contributed by atoms with Crippen LogP contribution in [0, 0.1) is 0 Å². The second kappa shape index (κ2) is 8.30. The molecule has 3 heterocycles. The van der Waals surface area contributed by atoms with Crippen LogP contribution in [0.25, 0.3) is 10.7 Å². The third kappa shape index (κ3) is 3.97. The monoisotopic (exact) mass is 426 g/mol. The van der Waals surface area contributed by atoms with Gasteiger partial charge in [-0.05, 0) is 29.9 Å². The van der Waals surface area contributed by atoms with Crippen LogP contribution in [0.2, 0.25) is 0 Å². The molecule has 1 aromatic carbocycles. The summed E-state index contributed by atoms with van der Waals surface area (Å²) in [5.41, 5.74) is 0.997. The molecule has 6 nitrogen and oxygen atoms in total. The van der Waals surface area contributed by atoms with Crippen LogP contribution < -0.4 is 0 Å². The number of carbonyl (C=O) groups excluding carboxylic acids is 1. The van der Waals surface area contributed by atoms with Crippen LogP contribution in [-0.2, 0) is 9.53 Å². The average molecular weight is 427 g/mol. The Morgan fingerprint density at radius 1 is 1.10 bits per heavy atom. The number of benzene rings is 1. The predicted octanol–water partition coefficient (Wildman–Crippen LogP) is 4.03. The maximum absolute atomic E-state index is 13.4. The highest BCUT2D eigenvalue weighted by Crippen LogP contribution is 2.45. The van der Waals surface area contributed by atoms with Crippen molar-refractivity contribution in [3.05, 3.63) is 53.4 Å². The number of hydrogen-bond donors (Lipinski definition) is 0. The van der Waals surface area contributed by atoms with E-state index in [-0.39, 0.29) is 11.2 Å². The average Bonchev–Trinajstić information content (AvgIpc) is 3.30. The molecule has 0 bridgehead atoms. The molecule has 2 aliphatic rings. The van der Waals surface area contributed by atoms with E-state index in [9.17, 15) is 4.79 Å². The predicted molar refractivity (Wildman–Crippen MR) is 114 cm³/mol. The van der Waals surface area contributed by atoms with Gasteiger partial charge >= 0.3 is 0 Å². The van der Waals surface area contributed by atoms with Crippen LogP contribution in [0.15, 0.2) is 53.0 Å². The maximum atomic E-state index is 13.4. The minimum atomic E-state index is -0.341. The molecule has 5 rings (SSSR count). The van der Waals surface area contributed by atoms with Gasteiger partial charge in [0.1, 0.15) is 5.25 Å². The van der Waals surface area contributed by atoms with Crippen molar-refractivity contribution in [2.24, 2.45) is 0 Å². The highest BCUT2D eigenvalue weighted by Gasteiger charge is 2.34. The van der Waals surface area contributed by atoms with Crippen molar-refractivity contribution in [1.29, 1.82) is 0 Å². The third-order valence-electron chi connectivity index (χ3n) is 5.19. The molecule has 1 atom stereocenters. The van der Waals surface area contributed by atoms with Gasteiger partial charge in [0.05, 0.1) is 18.1 Å². The third-order valence-corrected chi connectivity index (χ3v) is 7.26. The zero-order chi connectivity index (χ0) is 19.6. The van der Waals surface area contributed by atoms with Crippen LogP contribution in [0.4, 0.5) is 0 Å². The fourth-order valence-corrected chi connectivity index (χ4v) is 5.43. The second-order valence-electron chi connectivity index (χ2n) is 7.23. The van der Waals surface area contributed by atoms with Gasteiger partial charge in [-0.3, -0.25) is 9.36 Å². The van der Waals surface area contributed by atoms with Gasteiger partial charge < -0.3 is 9.64 Å². The van der Waals surface area contributed by atoms with Gasteiger partial charge in [-0.2, -0.15) is 0 Å². The van der Waals surface area contributed by atoms with Gasteiger partial charge in [0.2, 0.25) is 5.91 Å². The van der Waals surface area contributed by atoms with Gasteiger partial charge in [0, 0.05) is 19.1 Å². The van der Waals surface area contributed by atoms with Gasteiger partial charge in [-0.15, -0.1) is 21.5 Å². The van der Waals surface area contributed by atoms with Crippen molar-refractivity contribution >= 4 is 29.0 Å². The first-order valence-corrected chi connectivity index (χ1v) is 11.6. The molecule has 1 aliphatic heterocycles. The topological polar surface area (TPSA) is 60.2 Å². The molecule has 1 saturated carbocycles. The van der Waals surface area contributed by atoms with Crippen LogP contribution in [0.1, 0.15) is 29.7 Å². The summed E-state index contributed by atoms with van der Waals surface area (Å²) in [5.74, 6) is 1.03. The fourth-order valence-electron chi connectivity index (χ4n) is 3.54. The molecule has 150 valence electrons. The number of aromatic nitrogens is 3. The smallest absolute Gasteiger partial charge is 0.240 e. The van der Waals surface area contributed by atoms with E-state index in [1.54, 1.807) is 11.3 Å². The number of rotatable bonds is 6. The summed E-state index contributed by atoms with van der Waals surface area (Å²) >= 11 is 3.19. The molecular weight excluding hydrogens is 404 g/mol. The molecule has 1 amide bonds. The summed E-state index contributed by atoms with van der Waals surface area (Å²) in [6, 6.07) is 14.5. The Labute approximate surface area is 177 Å². The van der Waals surface area contributed by atoms with Crippen LogP contribution in [0.5, 0.6) is 0 Å². The van der Waals surface area contributed by atoms with Crippen LogP contribution in [-0.4, -0.2) is 51.9 Å². The molecule has 0 radical (unpaired) electrons. The summed E-state index contributed by atoms with van der Waals surface area (Å²) in [5, 5.41) is 11.6. The summed E-state index contributed by atoms with van der Waals surface area (Å²) in [4.78, 5) is 16.5. The number of hydrogen-bond acceptors (Lipinski definition) is 6. The zero-order valence-corrected chi connectivity index (χ0v) is 17.6. The van der Waals surface area contributed by atoms with E-state index in [1.807, 2.05) is 41.3 Å². The number of thiophene rings is 1. The van der Waals surface area contributed by atoms with E-state index >= 15 is 0 Å². The molecule has 0 spiro atoms. The summed E-state index contributed by atoms with van der Waals surface area (Å²) in [7, 11) is 0. The van der Waals surface area contributed by atoms with E-state index < -0.39 is 0 Å². The largest absolute Gasteiger partial charge is 0.378 e. The molecule has 2 fully saturated rings. The van der Waals surface area contributed by atoms with Gasteiger partial charge in [0.25, 0.3) is 0 Å². The first-order valence-electron chi connectivity index (χ1n) is 9.88. The highest BCUT2D eigenvalue weighted by molar-refractivity contribution is 8.00. The molecular formula is C21H22N4O2S2. The van der Waals surface area contributed by atoms with E-state index in [0.717, 1.165) is 34.3 Å². The standard InChI is InChI=1S/C21H22N4O2S2/c26-20(24-10-12-27-13-11-24)18(15-5-2-1-3-6-15)29-21-23-22-19(17-7-4-14-28-17)25(21)16-8-9-16/h1-7,14,16,18H,8-13H2/t18-/m0/s1. The lowest BCUT2D eigenvalue weighted by Crippen LogP contribution is -2.42. The molecule has 1 aliphatic carbocycles. The molecule has 0 N–H and O–H groups in total. The Morgan fingerprint density at radius 2 is 1.90 bits per heavy atom. The van der Waals surface area contributed by atoms with Crippen molar-refractivity contribution in [3.63, 3.8) is 0 Å². The Balaban J connectivity index is 1.49. The van der Waals surface area contributed by atoms with Crippen LogP contribution >= 0.6 is 23.1 Å². The quantitative estimate of drug-likeness (QED) is 0.557. The first-order chi connectivity index (χ1) is 14.3. The number of morpholine rings is 1. The number of ether oxygens (including phenoxy) is 1. The number of thioether (sulfide) groups is 1. The Morgan fingerprint density at radius 3 is 2.59 bits per heavy atom. The lowest BCUT2D eigenvalue weighted by atomic mass is 10.1. The van der Waals surface area contributed by atoms with Gasteiger partial charge in [-0.25, -0.2) is 0 Å². The number of carbonyl (C=O) groups is 1. The normalized spacial score (nSPS) is 18.0. The summed E-state index contributed by atoms with van der Waals surface area (Å²) in [6.07, 6.45) is 2.27. The minimum absolute atomic E-state index is 0.118. The van der Waals surface area contributed by atoms with E-state index in [1.165, 1.54) is 11.8 Å². The van der Waals surface area contributed by atoms with Crippen molar-refractivity contribution < 1.29 is 9.53 Å². The molecule has 1 saturated heterocycles. The Bertz CT molecular complexity index is 964. The fraction of sp³-hybridized carbons (Fsp3) is 0.381. The van der Waals surface area contributed by atoms with Crippen molar-refractivity contribution in [2.75, 3.05) is 26.3 Å².